The van der Waals surface area contributed by atoms with E-state index in [2.05, 4.69) is 27.4 Å². The molecular formula is C19H26N4O3S. The molecular weight excluding hydrogens is 364 g/mol. The van der Waals surface area contributed by atoms with E-state index in [-0.39, 0.29) is 24.0 Å². The van der Waals surface area contributed by atoms with Crippen molar-refractivity contribution in [1.82, 2.24) is 15.2 Å². The van der Waals surface area contributed by atoms with Gasteiger partial charge in [0.2, 0.25) is 5.91 Å². The van der Waals surface area contributed by atoms with Gasteiger partial charge in [0.1, 0.15) is 0 Å². The van der Waals surface area contributed by atoms with E-state index < -0.39 is 0 Å². The zero-order chi connectivity index (χ0) is 19.1. The highest BCUT2D eigenvalue weighted by molar-refractivity contribution is 7.14. The summed E-state index contributed by atoms with van der Waals surface area (Å²) >= 11 is 1.29. The minimum Gasteiger partial charge on any atom is -0.459 e. The van der Waals surface area contributed by atoms with Crippen molar-refractivity contribution in [2.75, 3.05) is 25.0 Å². The van der Waals surface area contributed by atoms with E-state index in [0.29, 0.717) is 23.4 Å². The van der Waals surface area contributed by atoms with Crippen molar-refractivity contribution in [3.63, 3.8) is 0 Å². The van der Waals surface area contributed by atoms with Crippen LogP contribution in [0.15, 0.2) is 28.2 Å². The lowest BCUT2D eigenvalue weighted by Gasteiger charge is -2.33. The van der Waals surface area contributed by atoms with Gasteiger partial charge in [0.15, 0.2) is 10.9 Å². The minimum atomic E-state index is -0.350. The van der Waals surface area contributed by atoms with Gasteiger partial charge in [-0.2, -0.15) is 0 Å². The van der Waals surface area contributed by atoms with Crippen molar-refractivity contribution >= 4 is 28.3 Å². The zero-order valence-corrected chi connectivity index (χ0v) is 16.4. The Bertz CT molecular complexity index is 744. The third-order valence-corrected chi connectivity index (χ3v) is 5.55. The maximum atomic E-state index is 12.1. The molecule has 27 heavy (non-hydrogen) atoms. The number of nitrogens with one attached hydrogen (secondary N) is 2. The maximum Gasteiger partial charge on any atom is 0.293 e. The van der Waals surface area contributed by atoms with Gasteiger partial charge in [-0.15, -0.1) is 11.3 Å². The molecule has 0 aromatic carbocycles. The Morgan fingerprint density at radius 2 is 2.30 bits per heavy atom. The average molecular weight is 391 g/mol. The molecule has 0 aliphatic carbocycles. The maximum absolute atomic E-state index is 12.1. The number of rotatable bonds is 8. The van der Waals surface area contributed by atoms with Crippen LogP contribution >= 0.6 is 11.3 Å². The van der Waals surface area contributed by atoms with E-state index in [1.165, 1.54) is 43.4 Å². The predicted octanol–water partition coefficient (Wildman–Crippen LogP) is 2.91. The molecule has 0 spiro atoms. The molecule has 7 nitrogen and oxygen atoms in total. The van der Waals surface area contributed by atoms with Gasteiger partial charge in [0.25, 0.3) is 5.91 Å². The molecule has 0 radical (unpaired) electrons. The second-order valence-electron chi connectivity index (χ2n) is 6.84. The van der Waals surface area contributed by atoms with Crippen LogP contribution in [0.25, 0.3) is 0 Å². The van der Waals surface area contributed by atoms with Crippen molar-refractivity contribution in [3.8, 4) is 0 Å². The highest BCUT2D eigenvalue weighted by atomic mass is 32.1. The molecule has 0 saturated carbocycles. The first kappa shape index (κ1) is 19.6. The zero-order valence-electron chi connectivity index (χ0n) is 15.6. The van der Waals surface area contributed by atoms with Crippen molar-refractivity contribution < 1.29 is 14.0 Å². The molecule has 1 saturated heterocycles. The second kappa shape index (κ2) is 9.66. The molecule has 146 valence electrons. The summed E-state index contributed by atoms with van der Waals surface area (Å²) in [5, 5.41) is 7.86. The van der Waals surface area contributed by atoms with E-state index in [9.17, 15) is 9.59 Å². The lowest BCUT2D eigenvalue weighted by Crippen LogP contribution is -2.39. The number of hydrogen-bond acceptors (Lipinski definition) is 6. The summed E-state index contributed by atoms with van der Waals surface area (Å²) in [6.45, 7) is 5.15. The number of hydrogen-bond donors (Lipinski definition) is 2. The molecule has 1 atom stereocenters. The van der Waals surface area contributed by atoms with Gasteiger partial charge >= 0.3 is 0 Å². The molecule has 1 aliphatic rings. The molecule has 2 N–H and O–H groups in total. The predicted molar refractivity (Wildman–Crippen MR) is 105 cm³/mol. The Morgan fingerprint density at radius 1 is 1.41 bits per heavy atom. The highest BCUT2D eigenvalue weighted by Gasteiger charge is 2.17. The summed E-state index contributed by atoms with van der Waals surface area (Å²) in [5.41, 5.74) is 0.650. The van der Waals surface area contributed by atoms with Crippen molar-refractivity contribution in [2.45, 2.75) is 45.1 Å². The van der Waals surface area contributed by atoms with Crippen LogP contribution in [0.2, 0.25) is 0 Å². The van der Waals surface area contributed by atoms with Crippen LogP contribution in [-0.2, 0) is 11.2 Å². The number of carbonyl (C=O) groups excluding carboxylic acids is 2. The third kappa shape index (κ3) is 5.90. The van der Waals surface area contributed by atoms with Gasteiger partial charge in [0.05, 0.1) is 18.4 Å². The Morgan fingerprint density at radius 3 is 3.07 bits per heavy atom. The standard InChI is InChI=1S/C19H26N4O3S/c1-14-6-2-3-9-23(14)10-5-8-20-17(24)12-15-13-27-19(21-15)22-18(25)16-7-4-11-26-16/h4,7,11,13-14H,2-3,5-6,8-10,12H2,1H3,(H,20,24)(H,21,22,25). The first-order chi connectivity index (χ1) is 13.1. The summed E-state index contributed by atoms with van der Waals surface area (Å²) in [6, 6.07) is 3.89. The van der Waals surface area contributed by atoms with E-state index >= 15 is 0 Å². The Balaban J connectivity index is 1.36. The van der Waals surface area contributed by atoms with Gasteiger partial charge < -0.3 is 14.6 Å². The number of carbonyl (C=O) groups is 2. The average Bonchev–Trinajstić information content (AvgIpc) is 3.32. The SMILES string of the molecule is CC1CCCCN1CCCNC(=O)Cc1csc(NC(=O)c2ccco2)n1. The summed E-state index contributed by atoms with van der Waals surface area (Å²) < 4.78 is 5.04. The van der Waals surface area contributed by atoms with E-state index in [0.717, 1.165) is 13.0 Å². The fourth-order valence-electron chi connectivity index (χ4n) is 3.24. The van der Waals surface area contributed by atoms with E-state index in [4.69, 9.17) is 4.42 Å². The molecule has 2 aromatic rings. The topological polar surface area (TPSA) is 87.5 Å². The Labute approximate surface area is 163 Å². The van der Waals surface area contributed by atoms with Crippen molar-refractivity contribution in [1.29, 1.82) is 0 Å². The van der Waals surface area contributed by atoms with Crippen molar-refractivity contribution in [3.05, 3.63) is 35.2 Å². The lowest BCUT2D eigenvalue weighted by atomic mass is 10.0. The van der Waals surface area contributed by atoms with Gasteiger partial charge in [-0.25, -0.2) is 4.98 Å². The number of thiazole rings is 1. The third-order valence-electron chi connectivity index (χ3n) is 4.74. The van der Waals surface area contributed by atoms with Gasteiger partial charge in [-0.1, -0.05) is 6.42 Å². The fraction of sp³-hybridized carbons (Fsp3) is 0.526. The van der Waals surface area contributed by atoms with E-state index in [1.54, 1.807) is 17.5 Å². The van der Waals surface area contributed by atoms with Crippen LogP contribution in [0.5, 0.6) is 0 Å². The molecule has 3 rings (SSSR count). The number of piperidine rings is 1. The first-order valence-corrected chi connectivity index (χ1v) is 10.3. The first-order valence-electron chi connectivity index (χ1n) is 9.42. The molecule has 0 bridgehead atoms. The Hall–Kier alpha value is -2.19. The van der Waals surface area contributed by atoms with Crippen molar-refractivity contribution in [2.24, 2.45) is 0 Å². The number of nitrogens with zero attached hydrogens (tertiary/aromatic N) is 2. The van der Waals surface area contributed by atoms with Crippen LogP contribution < -0.4 is 10.6 Å². The molecule has 8 heteroatoms. The van der Waals surface area contributed by atoms with E-state index in [1.807, 2.05) is 0 Å². The van der Waals surface area contributed by atoms with Crippen LogP contribution in [0.3, 0.4) is 0 Å². The number of aromatic nitrogens is 1. The summed E-state index contributed by atoms with van der Waals surface area (Å²) in [6.07, 6.45) is 6.49. The van der Waals surface area contributed by atoms with Gasteiger partial charge in [-0.05, 0) is 44.9 Å². The summed E-state index contributed by atoms with van der Waals surface area (Å²) in [7, 11) is 0. The van der Waals surface area contributed by atoms with Crippen LogP contribution in [0.1, 0.15) is 48.9 Å². The molecule has 1 fully saturated rings. The highest BCUT2D eigenvalue weighted by Crippen LogP contribution is 2.17. The Kier molecular flexibility index (Phi) is 7.00. The number of amides is 2. The smallest absolute Gasteiger partial charge is 0.293 e. The largest absolute Gasteiger partial charge is 0.459 e. The quantitative estimate of drug-likeness (QED) is 0.677. The summed E-state index contributed by atoms with van der Waals surface area (Å²) in [5.74, 6) is -0.166. The molecule has 2 amide bonds. The van der Waals surface area contributed by atoms with Crippen LogP contribution in [0.4, 0.5) is 5.13 Å². The van der Waals surface area contributed by atoms with Crippen LogP contribution in [-0.4, -0.2) is 47.4 Å². The minimum absolute atomic E-state index is 0.0455. The summed E-state index contributed by atoms with van der Waals surface area (Å²) in [4.78, 5) is 30.8. The lowest BCUT2D eigenvalue weighted by molar-refractivity contribution is -0.120. The molecule has 2 aromatic heterocycles. The second-order valence-corrected chi connectivity index (χ2v) is 7.69. The molecule has 1 unspecified atom stereocenters. The van der Waals surface area contributed by atoms with Crippen LogP contribution in [0, 0.1) is 0 Å². The number of anilines is 1. The molecule has 3 heterocycles. The number of furan rings is 1. The normalized spacial score (nSPS) is 17.6. The van der Waals surface area contributed by atoms with Gasteiger partial charge in [0, 0.05) is 24.5 Å². The fourth-order valence-corrected chi connectivity index (χ4v) is 3.94. The monoisotopic (exact) mass is 390 g/mol. The molecule has 1 aliphatic heterocycles. The number of likely N-dealkylation sites (tertiary alicyclic amines) is 1. The van der Waals surface area contributed by atoms with Gasteiger partial charge in [-0.3, -0.25) is 14.9 Å².